The fourth-order valence-electron chi connectivity index (χ4n) is 1.34. The van der Waals surface area contributed by atoms with Crippen molar-refractivity contribution >= 4 is 22.8 Å². The lowest BCUT2D eigenvalue weighted by Gasteiger charge is -1.98. The summed E-state index contributed by atoms with van der Waals surface area (Å²) in [6.45, 7) is -0.208. The number of hydrogen-bond acceptors (Lipinski definition) is 8. The first-order chi connectivity index (χ1) is 9.70. The minimum Gasteiger partial charge on any atom is -0.382 e. The SMILES string of the molecule is Nc1ncnc2nc[nH]c12.O=c1nccc(NCO)[nH]1. The molecule has 0 aliphatic carbocycles. The summed E-state index contributed by atoms with van der Waals surface area (Å²) in [4.78, 5) is 30.6. The van der Waals surface area contributed by atoms with E-state index >= 15 is 0 Å². The maximum atomic E-state index is 10.5. The zero-order valence-electron chi connectivity index (χ0n) is 10.2. The molecule has 3 rings (SSSR count). The van der Waals surface area contributed by atoms with E-state index in [2.05, 4.69) is 35.2 Å². The molecule has 0 fully saturated rings. The second-order valence-corrected chi connectivity index (χ2v) is 3.48. The highest BCUT2D eigenvalue weighted by Crippen LogP contribution is 2.09. The number of fused-ring (bicyclic) bond motifs is 1. The number of aromatic nitrogens is 6. The second-order valence-electron chi connectivity index (χ2n) is 3.48. The van der Waals surface area contributed by atoms with Crippen LogP contribution in [0.3, 0.4) is 0 Å². The second kappa shape index (κ2) is 6.24. The Bertz CT molecular complexity index is 737. The number of aromatic amines is 2. The van der Waals surface area contributed by atoms with Gasteiger partial charge in [0.15, 0.2) is 11.5 Å². The van der Waals surface area contributed by atoms with Crippen LogP contribution in [-0.4, -0.2) is 41.7 Å². The Kier molecular flexibility index (Phi) is 4.19. The van der Waals surface area contributed by atoms with Crippen LogP contribution in [-0.2, 0) is 0 Å². The van der Waals surface area contributed by atoms with E-state index in [1.54, 1.807) is 6.07 Å². The minimum absolute atomic E-state index is 0.208. The topological polar surface area (TPSA) is 158 Å². The molecular formula is C10H12N8O2. The molecule has 0 spiro atoms. The zero-order valence-corrected chi connectivity index (χ0v) is 10.2. The van der Waals surface area contributed by atoms with Crippen LogP contribution in [0.2, 0.25) is 0 Å². The molecule has 10 heteroatoms. The van der Waals surface area contributed by atoms with Gasteiger partial charge in [0, 0.05) is 6.20 Å². The third-order valence-corrected chi connectivity index (χ3v) is 2.20. The maximum Gasteiger partial charge on any atom is 0.346 e. The van der Waals surface area contributed by atoms with Crippen molar-refractivity contribution in [1.82, 2.24) is 29.9 Å². The summed E-state index contributed by atoms with van der Waals surface area (Å²) in [6, 6.07) is 1.55. The quantitative estimate of drug-likeness (QED) is 0.375. The van der Waals surface area contributed by atoms with Gasteiger partial charge in [-0.2, -0.15) is 0 Å². The first-order valence-corrected chi connectivity index (χ1v) is 5.50. The number of nitrogens with zero attached hydrogens (tertiary/aromatic N) is 4. The molecule has 0 saturated heterocycles. The standard InChI is InChI=1S/C5H5N5.C5H7N3O2/c6-4-3-5(9-1-7-3)10-2-8-4;9-3-7-4-1-2-6-5(10)8-4/h1-2H,(H3,6,7,8,9,10);1-2,9H,3H2,(H2,6,7,8,10). The van der Waals surface area contributed by atoms with Crippen LogP contribution in [0, 0.1) is 0 Å². The minimum atomic E-state index is -0.432. The van der Waals surface area contributed by atoms with Gasteiger partial charge >= 0.3 is 5.69 Å². The van der Waals surface area contributed by atoms with E-state index in [-0.39, 0.29) is 6.73 Å². The van der Waals surface area contributed by atoms with Gasteiger partial charge < -0.3 is 21.1 Å². The van der Waals surface area contributed by atoms with Crippen LogP contribution >= 0.6 is 0 Å². The summed E-state index contributed by atoms with van der Waals surface area (Å²) in [5, 5.41) is 10.9. The summed E-state index contributed by atoms with van der Waals surface area (Å²) in [7, 11) is 0. The molecule has 0 amide bonds. The van der Waals surface area contributed by atoms with E-state index in [1.807, 2.05) is 0 Å². The third kappa shape index (κ3) is 3.26. The van der Waals surface area contributed by atoms with Crippen molar-refractivity contribution in [3.05, 3.63) is 35.4 Å². The number of hydrogen-bond donors (Lipinski definition) is 5. The monoisotopic (exact) mass is 276 g/mol. The Morgan fingerprint density at radius 2 is 2.15 bits per heavy atom. The number of aliphatic hydroxyl groups is 1. The molecule has 0 saturated carbocycles. The van der Waals surface area contributed by atoms with Gasteiger partial charge in [-0.1, -0.05) is 0 Å². The summed E-state index contributed by atoms with van der Waals surface area (Å²) in [5.74, 6) is 0.894. The van der Waals surface area contributed by atoms with Gasteiger partial charge in [0.2, 0.25) is 0 Å². The number of nitrogen functional groups attached to an aromatic ring is 1. The van der Waals surface area contributed by atoms with Gasteiger partial charge in [-0.25, -0.2) is 24.7 Å². The summed E-state index contributed by atoms with van der Waals surface area (Å²) in [5.41, 5.74) is 6.35. The first-order valence-electron chi connectivity index (χ1n) is 5.50. The molecule has 104 valence electrons. The van der Waals surface area contributed by atoms with E-state index in [0.717, 1.165) is 0 Å². The number of nitrogens with one attached hydrogen (secondary N) is 3. The van der Waals surface area contributed by atoms with Crippen LogP contribution < -0.4 is 16.7 Å². The van der Waals surface area contributed by atoms with Gasteiger partial charge in [0.05, 0.1) is 6.33 Å². The van der Waals surface area contributed by atoms with E-state index < -0.39 is 5.69 Å². The molecule has 3 heterocycles. The van der Waals surface area contributed by atoms with E-state index in [0.29, 0.717) is 22.8 Å². The average molecular weight is 276 g/mol. The molecule has 3 aromatic rings. The largest absolute Gasteiger partial charge is 0.382 e. The Balaban J connectivity index is 0.000000147. The number of nitrogens with two attached hydrogens (primary N) is 1. The molecule has 0 atom stereocenters. The molecular weight excluding hydrogens is 264 g/mol. The van der Waals surface area contributed by atoms with Crippen LogP contribution in [0.1, 0.15) is 0 Å². The number of imidazole rings is 1. The lowest BCUT2D eigenvalue weighted by molar-refractivity contribution is 0.325. The van der Waals surface area contributed by atoms with Crippen molar-refractivity contribution in [2.24, 2.45) is 0 Å². The highest BCUT2D eigenvalue weighted by molar-refractivity contribution is 5.80. The van der Waals surface area contributed by atoms with E-state index in [9.17, 15) is 4.79 Å². The molecule has 0 aromatic carbocycles. The van der Waals surface area contributed by atoms with Crippen molar-refractivity contribution < 1.29 is 5.11 Å². The zero-order chi connectivity index (χ0) is 14.4. The highest BCUT2D eigenvalue weighted by atomic mass is 16.3. The van der Waals surface area contributed by atoms with Gasteiger partial charge in [-0.3, -0.25) is 4.98 Å². The maximum absolute atomic E-state index is 10.5. The Morgan fingerprint density at radius 1 is 1.30 bits per heavy atom. The number of rotatable bonds is 2. The first kappa shape index (κ1) is 13.4. The van der Waals surface area contributed by atoms with Crippen LogP contribution in [0.25, 0.3) is 11.2 Å². The van der Waals surface area contributed by atoms with E-state index in [1.165, 1.54) is 18.9 Å². The fourth-order valence-corrected chi connectivity index (χ4v) is 1.34. The fraction of sp³-hybridized carbons (Fsp3) is 0.100. The van der Waals surface area contributed by atoms with E-state index in [4.69, 9.17) is 10.8 Å². The molecule has 0 aliphatic heterocycles. The molecule has 0 unspecified atom stereocenters. The Morgan fingerprint density at radius 3 is 2.85 bits per heavy atom. The average Bonchev–Trinajstić information content (AvgIpc) is 2.90. The molecule has 10 nitrogen and oxygen atoms in total. The summed E-state index contributed by atoms with van der Waals surface area (Å²) < 4.78 is 0. The van der Waals surface area contributed by atoms with Crippen LogP contribution in [0.15, 0.2) is 29.7 Å². The lowest BCUT2D eigenvalue weighted by Crippen LogP contribution is -2.12. The lowest BCUT2D eigenvalue weighted by atomic mass is 10.5. The predicted molar refractivity (Wildman–Crippen MR) is 71.7 cm³/mol. The predicted octanol–water partition coefficient (Wildman–Crippen LogP) is -0.933. The van der Waals surface area contributed by atoms with Crippen molar-refractivity contribution in [3.8, 4) is 0 Å². The number of aliphatic hydroxyl groups excluding tert-OH is 1. The highest BCUT2D eigenvalue weighted by Gasteiger charge is 1.99. The van der Waals surface area contributed by atoms with Crippen LogP contribution in [0.4, 0.5) is 11.6 Å². The molecule has 20 heavy (non-hydrogen) atoms. The van der Waals surface area contributed by atoms with Crippen molar-refractivity contribution in [3.63, 3.8) is 0 Å². The smallest absolute Gasteiger partial charge is 0.346 e. The van der Waals surface area contributed by atoms with Gasteiger partial charge in [0.1, 0.15) is 24.4 Å². The number of H-pyrrole nitrogens is 2. The van der Waals surface area contributed by atoms with Crippen molar-refractivity contribution in [2.75, 3.05) is 17.8 Å². The Labute approximate surface area is 112 Å². The molecule has 0 aliphatic rings. The van der Waals surface area contributed by atoms with Gasteiger partial charge in [0.25, 0.3) is 0 Å². The van der Waals surface area contributed by atoms with Gasteiger partial charge in [-0.15, -0.1) is 0 Å². The van der Waals surface area contributed by atoms with Crippen molar-refractivity contribution in [1.29, 1.82) is 0 Å². The molecule has 3 aromatic heterocycles. The summed E-state index contributed by atoms with van der Waals surface area (Å²) >= 11 is 0. The number of anilines is 2. The molecule has 0 radical (unpaired) electrons. The van der Waals surface area contributed by atoms with Crippen molar-refractivity contribution in [2.45, 2.75) is 0 Å². The van der Waals surface area contributed by atoms with Crippen LogP contribution in [0.5, 0.6) is 0 Å². The van der Waals surface area contributed by atoms with Gasteiger partial charge in [-0.05, 0) is 6.07 Å². The third-order valence-electron chi connectivity index (χ3n) is 2.20. The molecule has 6 N–H and O–H groups in total. The molecule has 0 bridgehead atoms. The normalized spacial score (nSPS) is 9.85. The Hall–Kier alpha value is -3.01. The summed E-state index contributed by atoms with van der Waals surface area (Å²) in [6.07, 6.45) is 4.28.